The van der Waals surface area contributed by atoms with Gasteiger partial charge in [0.1, 0.15) is 11.2 Å². The van der Waals surface area contributed by atoms with E-state index in [0.717, 1.165) is 33.1 Å². The van der Waals surface area contributed by atoms with Crippen molar-refractivity contribution < 1.29 is 4.42 Å². The summed E-state index contributed by atoms with van der Waals surface area (Å²) < 4.78 is 6.39. The average Bonchev–Trinajstić information content (AvgIpc) is 3.58. The van der Waals surface area contributed by atoms with E-state index in [9.17, 15) is 0 Å². The molecule has 0 saturated carbocycles. The number of rotatable bonds is 3. The highest BCUT2D eigenvalue weighted by molar-refractivity contribution is 6.25. The van der Waals surface area contributed by atoms with Gasteiger partial charge in [0.2, 0.25) is 0 Å². The molecule has 0 unspecified atom stereocenters. The first-order valence-electron chi connectivity index (χ1n) is 17.6. The SMILES string of the molecule is c1ccc2c(c1)ccc1c(-c3c4ccccc4c(-c4ccc5cc(-c6cccc7c6oc6ccccc67)ccc5c4)c4ccccc34)cccc12. The molecule has 0 amide bonds. The highest BCUT2D eigenvalue weighted by Crippen LogP contribution is 2.46. The summed E-state index contributed by atoms with van der Waals surface area (Å²) in [6, 6.07) is 66.4. The Morgan fingerprint density at radius 3 is 1.55 bits per heavy atom. The van der Waals surface area contributed by atoms with Crippen molar-refractivity contribution >= 4 is 75.8 Å². The van der Waals surface area contributed by atoms with E-state index in [-0.39, 0.29) is 0 Å². The Balaban J connectivity index is 1.11. The Labute approximate surface area is 294 Å². The van der Waals surface area contributed by atoms with Gasteiger partial charge in [0.15, 0.2) is 0 Å². The van der Waals surface area contributed by atoms with Gasteiger partial charge in [-0.25, -0.2) is 0 Å². The van der Waals surface area contributed by atoms with E-state index in [1.807, 2.05) is 12.1 Å². The molecule has 11 aromatic rings. The molecule has 236 valence electrons. The van der Waals surface area contributed by atoms with Crippen LogP contribution in [0.4, 0.5) is 0 Å². The van der Waals surface area contributed by atoms with E-state index in [2.05, 4.69) is 170 Å². The summed E-state index contributed by atoms with van der Waals surface area (Å²) in [7, 11) is 0. The highest BCUT2D eigenvalue weighted by Gasteiger charge is 2.19. The molecule has 0 bridgehead atoms. The molecule has 0 aliphatic heterocycles. The van der Waals surface area contributed by atoms with Crippen LogP contribution in [0.2, 0.25) is 0 Å². The van der Waals surface area contributed by atoms with Gasteiger partial charge in [-0.3, -0.25) is 0 Å². The highest BCUT2D eigenvalue weighted by atomic mass is 16.3. The molecule has 51 heavy (non-hydrogen) atoms. The minimum absolute atomic E-state index is 0.921. The van der Waals surface area contributed by atoms with E-state index < -0.39 is 0 Å². The van der Waals surface area contributed by atoms with Crippen molar-refractivity contribution in [2.24, 2.45) is 0 Å². The largest absolute Gasteiger partial charge is 0.455 e. The van der Waals surface area contributed by atoms with Gasteiger partial charge in [0, 0.05) is 16.3 Å². The normalized spacial score (nSPS) is 11.9. The lowest BCUT2D eigenvalue weighted by molar-refractivity contribution is 0.670. The number of para-hydroxylation sites is 2. The number of fused-ring (bicyclic) bond motifs is 9. The molecule has 0 spiro atoms. The van der Waals surface area contributed by atoms with Crippen LogP contribution < -0.4 is 0 Å². The molecule has 1 nitrogen and oxygen atoms in total. The lowest BCUT2D eigenvalue weighted by Crippen LogP contribution is -1.92. The van der Waals surface area contributed by atoms with Crippen LogP contribution in [-0.2, 0) is 0 Å². The number of hydrogen-bond donors (Lipinski definition) is 0. The summed E-state index contributed by atoms with van der Waals surface area (Å²) in [5.41, 5.74) is 9.17. The zero-order chi connectivity index (χ0) is 33.5. The quantitative estimate of drug-likeness (QED) is 0.138. The van der Waals surface area contributed by atoms with Gasteiger partial charge >= 0.3 is 0 Å². The summed E-state index contributed by atoms with van der Waals surface area (Å²) in [4.78, 5) is 0. The van der Waals surface area contributed by atoms with E-state index in [1.54, 1.807) is 0 Å². The Hall–Kier alpha value is -6.70. The second kappa shape index (κ2) is 10.9. The topological polar surface area (TPSA) is 13.1 Å². The van der Waals surface area contributed by atoms with Crippen LogP contribution in [0.15, 0.2) is 186 Å². The standard InChI is InChI=1S/C50H30O/c1-2-12-36-31(11-1)27-28-39-38(36)19-10-20-41(39)49-44-16-5-3-14-42(44)48(43-15-4-6-17-45(43)49)35-26-24-32-29-34(25-23-33(32)30-35)37-18-9-21-46-40-13-7-8-22-47(40)51-50(37)46/h1-30H. The summed E-state index contributed by atoms with van der Waals surface area (Å²) in [6.07, 6.45) is 0. The maximum absolute atomic E-state index is 6.39. The van der Waals surface area contributed by atoms with Crippen LogP contribution in [0.3, 0.4) is 0 Å². The minimum atomic E-state index is 0.921. The smallest absolute Gasteiger partial charge is 0.143 e. The fourth-order valence-electron chi connectivity index (χ4n) is 8.53. The van der Waals surface area contributed by atoms with E-state index >= 15 is 0 Å². The number of furan rings is 1. The zero-order valence-electron chi connectivity index (χ0n) is 27.7. The molecule has 0 aliphatic carbocycles. The second-order valence-corrected chi connectivity index (χ2v) is 13.6. The molecule has 10 aromatic carbocycles. The molecule has 0 aliphatic rings. The van der Waals surface area contributed by atoms with Crippen LogP contribution in [-0.4, -0.2) is 0 Å². The van der Waals surface area contributed by atoms with Crippen molar-refractivity contribution in [3.8, 4) is 33.4 Å². The average molecular weight is 647 g/mol. The third-order valence-corrected chi connectivity index (χ3v) is 10.8. The summed E-state index contributed by atoms with van der Waals surface area (Å²) in [6.45, 7) is 0. The van der Waals surface area contributed by atoms with Gasteiger partial charge in [-0.15, -0.1) is 0 Å². The molecule has 0 radical (unpaired) electrons. The predicted octanol–water partition coefficient (Wildman–Crippen LogP) is 14.4. The van der Waals surface area contributed by atoms with Gasteiger partial charge in [-0.05, 0) is 99.9 Å². The van der Waals surface area contributed by atoms with Crippen LogP contribution in [0.1, 0.15) is 0 Å². The molecule has 1 heteroatoms. The summed E-state index contributed by atoms with van der Waals surface area (Å²) in [5, 5.41) is 14.9. The Morgan fingerprint density at radius 2 is 0.804 bits per heavy atom. The first-order chi connectivity index (χ1) is 25.3. The Kier molecular flexibility index (Phi) is 6.02. The maximum atomic E-state index is 6.39. The van der Waals surface area contributed by atoms with Gasteiger partial charge in [0.05, 0.1) is 0 Å². The van der Waals surface area contributed by atoms with E-state index in [4.69, 9.17) is 4.42 Å². The van der Waals surface area contributed by atoms with E-state index in [1.165, 1.54) is 76.1 Å². The van der Waals surface area contributed by atoms with Crippen LogP contribution in [0.5, 0.6) is 0 Å². The van der Waals surface area contributed by atoms with Crippen molar-refractivity contribution in [1.29, 1.82) is 0 Å². The van der Waals surface area contributed by atoms with Gasteiger partial charge in [-0.1, -0.05) is 164 Å². The van der Waals surface area contributed by atoms with Gasteiger partial charge in [0.25, 0.3) is 0 Å². The summed E-state index contributed by atoms with van der Waals surface area (Å²) >= 11 is 0. The molecule has 1 aromatic heterocycles. The van der Waals surface area contributed by atoms with Crippen LogP contribution in [0.25, 0.3) is 109 Å². The maximum Gasteiger partial charge on any atom is 0.143 e. The fraction of sp³-hybridized carbons (Fsp3) is 0. The predicted molar refractivity (Wildman–Crippen MR) is 218 cm³/mol. The zero-order valence-corrected chi connectivity index (χ0v) is 27.7. The van der Waals surface area contributed by atoms with Crippen LogP contribution >= 0.6 is 0 Å². The first kappa shape index (κ1) is 28.2. The molecule has 0 atom stereocenters. The molecule has 0 saturated heterocycles. The number of benzene rings is 10. The van der Waals surface area contributed by atoms with Crippen molar-refractivity contribution in [3.63, 3.8) is 0 Å². The minimum Gasteiger partial charge on any atom is -0.455 e. The van der Waals surface area contributed by atoms with E-state index in [0.29, 0.717) is 0 Å². The third kappa shape index (κ3) is 4.22. The fourth-order valence-corrected chi connectivity index (χ4v) is 8.53. The third-order valence-electron chi connectivity index (χ3n) is 10.8. The van der Waals surface area contributed by atoms with Crippen molar-refractivity contribution in [2.45, 2.75) is 0 Å². The molecular formula is C50H30O. The molecular weight excluding hydrogens is 617 g/mol. The van der Waals surface area contributed by atoms with Gasteiger partial charge in [-0.2, -0.15) is 0 Å². The van der Waals surface area contributed by atoms with Crippen molar-refractivity contribution in [1.82, 2.24) is 0 Å². The Morgan fingerprint density at radius 1 is 0.275 bits per heavy atom. The number of hydrogen-bond acceptors (Lipinski definition) is 1. The van der Waals surface area contributed by atoms with Crippen LogP contribution in [0, 0.1) is 0 Å². The first-order valence-corrected chi connectivity index (χ1v) is 17.6. The van der Waals surface area contributed by atoms with Crippen molar-refractivity contribution in [2.75, 3.05) is 0 Å². The molecule has 0 N–H and O–H groups in total. The molecule has 0 fully saturated rings. The second-order valence-electron chi connectivity index (χ2n) is 13.6. The van der Waals surface area contributed by atoms with Crippen molar-refractivity contribution in [3.05, 3.63) is 182 Å². The molecule has 1 heterocycles. The molecule has 11 rings (SSSR count). The monoisotopic (exact) mass is 646 g/mol. The lowest BCUT2D eigenvalue weighted by atomic mass is 9.84. The Bertz CT molecular complexity index is 3140. The summed E-state index contributed by atoms with van der Waals surface area (Å²) in [5.74, 6) is 0. The van der Waals surface area contributed by atoms with Gasteiger partial charge < -0.3 is 4.42 Å². The lowest BCUT2D eigenvalue weighted by Gasteiger charge is -2.19.